The number of carbonyl (C=O) groups excluding carboxylic acids is 1. The fourth-order valence-corrected chi connectivity index (χ4v) is 4.78. The Morgan fingerprint density at radius 2 is 2.10 bits per heavy atom. The average molecular weight is 438 g/mol. The molecular formula is C20H27N3O4S2. The maximum atomic E-state index is 12.4. The Morgan fingerprint density at radius 3 is 2.69 bits per heavy atom. The third-order valence-electron chi connectivity index (χ3n) is 4.81. The Kier molecular flexibility index (Phi) is 6.94. The monoisotopic (exact) mass is 437 g/mol. The lowest BCUT2D eigenvalue weighted by Gasteiger charge is -2.26. The van der Waals surface area contributed by atoms with E-state index in [4.69, 9.17) is 4.74 Å². The lowest BCUT2D eigenvalue weighted by molar-refractivity contribution is 0.0928. The molecule has 0 spiro atoms. The number of anilines is 2. The molecule has 0 radical (unpaired) electrons. The quantitative estimate of drug-likeness (QED) is 0.687. The summed E-state index contributed by atoms with van der Waals surface area (Å²) in [6.45, 7) is 1.22. The lowest BCUT2D eigenvalue weighted by Crippen LogP contribution is -2.36. The molecule has 29 heavy (non-hydrogen) atoms. The number of benzene rings is 1. The Balaban J connectivity index is 1.85. The average Bonchev–Trinajstić information content (AvgIpc) is 3.34. The van der Waals surface area contributed by atoms with Crippen molar-refractivity contribution in [2.24, 2.45) is 0 Å². The molecule has 1 aromatic carbocycles. The molecule has 0 saturated carbocycles. The van der Waals surface area contributed by atoms with Gasteiger partial charge in [-0.1, -0.05) is 6.07 Å². The number of rotatable bonds is 8. The molecule has 7 nitrogen and oxygen atoms in total. The highest BCUT2D eigenvalue weighted by atomic mass is 32.2. The summed E-state index contributed by atoms with van der Waals surface area (Å²) >= 11 is 1.37. The van der Waals surface area contributed by atoms with E-state index in [-0.39, 0.29) is 18.6 Å². The number of amides is 1. The van der Waals surface area contributed by atoms with Gasteiger partial charge in [-0.05, 0) is 48.1 Å². The number of hydrogen-bond acceptors (Lipinski definition) is 6. The SMILES string of the molecule is CN(C)c1ccc(NC(=O)c2cccs2)cc1CN(CC1CCCO1)S(C)(=O)=O. The van der Waals surface area contributed by atoms with Gasteiger partial charge >= 0.3 is 0 Å². The molecule has 2 heterocycles. The Labute approximate surface area is 176 Å². The molecule has 1 fully saturated rings. The van der Waals surface area contributed by atoms with Crippen molar-refractivity contribution in [2.75, 3.05) is 43.7 Å². The van der Waals surface area contributed by atoms with Crippen molar-refractivity contribution in [3.63, 3.8) is 0 Å². The third kappa shape index (κ3) is 5.79. The van der Waals surface area contributed by atoms with E-state index in [1.54, 1.807) is 6.07 Å². The lowest BCUT2D eigenvalue weighted by atomic mass is 10.1. The molecule has 9 heteroatoms. The van der Waals surface area contributed by atoms with Crippen molar-refractivity contribution in [3.05, 3.63) is 46.2 Å². The number of carbonyl (C=O) groups is 1. The van der Waals surface area contributed by atoms with Crippen LogP contribution in [0.15, 0.2) is 35.7 Å². The van der Waals surface area contributed by atoms with Crippen LogP contribution >= 0.6 is 11.3 Å². The van der Waals surface area contributed by atoms with Crippen LogP contribution in [0.5, 0.6) is 0 Å². The van der Waals surface area contributed by atoms with Gasteiger partial charge in [0.1, 0.15) is 0 Å². The van der Waals surface area contributed by atoms with Crippen molar-refractivity contribution in [3.8, 4) is 0 Å². The molecule has 0 bridgehead atoms. The first-order valence-electron chi connectivity index (χ1n) is 9.46. The maximum absolute atomic E-state index is 12.4. The number of ether oxygens (including phenoxy) is 1. The molecule has 1 aromatic heterocycles. The van der Waals surface area contributed by atoms with Crippen LogP contribution in [0.4, 0.5) is 11.4 Å². The van der Waals surface area contributed by atoms with Crippen LogP contribution in [-0.4, -0.2) is 58.2 Å². The topological polar surface area (TPSA) is 79.0 Å². The van der Waals surface area contributed by atoms with Crippen LogP contribution in [0, 0.1) is 0 Å². The van der Waals surface area contributed by atoms with Gasteiger partial charge < -0.3 is 15.0 Å². The van der Waals surface area contributed by atoms with Crippen LogP contribution in [-0.2, 0) is 21.3 Å². The van der Waals surface area contributed by atoms with Crippen LogP contribution in [0.3, 0.4) is 0 Å². The van der Waals surface area contributed by atoms with Gasteiger partial charge in [-0.3, -0.25) is 4.79 Å². The molecular weight excluding hydrogens is 410 g/mol. The number of hydrogen-bond donors (Lipinski definition) is 1. The van der Waals surface area contributed by atoms with Gasteiger partial charge in [0.15, 0.2) is 0 Å². The first kappa shape index (κ1) is 21.8. The maximum Gasteiger partial charge on any atom is 0.265 e. The van der Waals surface area contributed by atoms with Crippen molar-refractivity contribution >= 4 is 38.6 Å². The molecule has 1 atom stereocenters. The molecule has 0 aliphatic carbocycles. The summed E-state index contributed by atoms with van der Waals surface area (Å²) < 4.78 is 31.9. The highest BCUT2D eigenvalue weighted by Crippen LogP contribution is 2.27. The van der Waals surface area contributed by atoms with Crippen LogP contribution in [0.25, 0.3) is 0 Å². The minimum Gasteiger partial charge on any atom is -0.377 e. The second-order valence-electron chi connectivity index (χ2n) is 7.36. The van der Waals surface area contributed by atoms with Gasteiger partial charge in [-0.15, -0.1) is 11.3 Å². The van der Waals surface area contributed by atoms with Crippen LogP contribution in [0.1, 0.15) is 28.1 Å². The van der Waals surface area contributed by atoms with Crippen molar-refractivity contribution in [1.29, 1.82) is 0 Å². The third-order valence-corrected chi connectivity index (χ3v) is 6.90. The number of sulfonamides is 1. The van der Waals surface area contributed by atoms with Gasteiger partial charge in [0.2, 0.25) is 10.0 Å². The largest absolute Gasteiger partial charge is 0.377 e. The van der Waals surface area contributed by atoms with Gasteiger partial charge in [-0.25, -0.2) is 8.42 Å². The van der Waals surface area contributed by atoms with E-state index in [9.17, 15) is 13.2 Å². The molecule has 1 aliphatic heterocycles. The molecule has 3 rings (SSSR count). The minimum absolute atomic E-state index is 0.0748. The van der Waals surface area contributed by atoms with E-state index in [2.05, 4.69) is 5.32 Å². The zero-order chi connectivity index (χ0) is 21.0. The molecule has 2 aromatic rings. The standard InChI is InChI=1S/C20H27N3O4S2/c1-22(2)18-9-8-16(21-20(24)19-7-5-11-28-19)12-15(18)13-23(29(3,25)26)14-17-6-4-10-27-17/h5,7-9,11-12,17H,4,6,10,13-14H2,1-3H3,(H,21,24). The van der Waals surface area contributed by atoms with Gasteiger partial charge in [-0.2, -0.15) is 4.31 Å². The van der Waals surface area contributed by atoms with Crippen molar-refractivity contribution in [1.82, 2.24) is 4.31 Å². The smallest absolute Gasteiger partial charge is 0.265 e. The Morgan fingerprint density at radius 1 is 1.31 bits per heavy atom. The highest BCUT2D eigenvalue weighted by Gasteiger charge is 2.26. The molecule has 1 unspecified atom stereocenters. The van der Waals surface area contributed by atoms with Crippen LogP contribution < -0.4 is 10.2 Å². The summed E-state index contributed by atoms with van der Waals surface area (Å²) in [6, 6.07) is 9.16. The van der Waals surface area contributed by atoms with Crippen LogP contribution in [0.2, 0.25) is 0 Å². The first-order valence-corrected chi connectivity index (χ1v) is 12.2. The molecule has 158 valence electrons. The van der Waals surface area contributed by atoms with E-state index < -0.39 is 10.0 Å². The minimum atomic E-state index is -3.42. The predicted molar refractivity (Wildman–Crippen MR) is 117 cm³/mol. The zero-order valence-corrected chi connectivity index (χ0v) is 18.6. The second-order valence-corrected chi connectivity index (χ2v) is 10.3. The normalized spacial score (nSPS) is 16.9. The predicted octanol–water partition coefficient (Wildman–Crippen LogP) is 3.01. The number of thiophene rings is 1. The van der Waals surface area contributed by atoms with E-state index in [0.29, 0.717) is 23.7 Å². The van der Waals surface area contributed by atoms with Gasteiger partial charge in [0.25, 0.3) is 5.91 Å². The fraction of sp³-hybridized carbons (Fsp3) is 0.450. The highest BCUT2D eigenvalue weighted by molar-refractivity contribution is 7.88. The van der Waals surface area contributed by atoms with Gasteiger partial charge in [0, 0.05) is 45.2 Å². The number of nitrogens with zero attached hydrogens (tertiary/aromatic N) is 2. The van der Waals surface area contributed by atoms with E-state index in [1.165, 1.54) is 21.9 Å². The molecule has 1 saturated heterocycles. The summed E-state index contributed by atoms with van der Waals surface area (Å²) in [5.41, 5.74) is 2.36. The van der Waals surface area contributed by atoms with Crippen molar-refractivity contribution in [2.45, 2.75) is 25.5 Å². The number of nitrogens with one attached hydrogen (secondary N) is 1. The summed E-state index contributed by atoms with van der Waals surface area (Å²) in [6.07, 6.45) is 2.97. The van der Waals surface area contributed by atoms with E-state index in [1.807, 2.05) is 48.6 Å². The summed E-state index contributed by atoms with van der Waals surface area (Å²) in [5.74, 6) is -0.178. The molecule has 1 aliphatic rings. The molecule has 1 N–H and O–H groups in total. The van der Waals surface area contributed by atoms with E-state index >= 15 is 0 Å². The first-order chi connectivity index (χ1) is 13.7. The van der Waals surface area contributed by atoms with Crippen molar-refractivity contribution < 1.29 is 17.9 Å². The summed E-state index contributed by atoms with van der Waals surface area (Å²) in [5, 5.41) is 4.75. The van der Waals surface area contributed by atoms with Gasteiger partial charge in [0.05, 0.1) is 17.2 Å². The summed E-state index contributed by atoms with van der Waals surface area (Å²) in [4.78, 5) is 14.9. The second kappa shape index (κ2) is 9.25. The Bertz CT molecular complexity index is 937. The molecule has 1 amide bonds. The zero-order valence-electron chi connectivity index (χ0n) is 16.9. The van der Waals surface area contributed by atoms with E-state index in [0.717, 1.165) is 24.1 Å². The fourth-order valence-electron chi connectivity index (χ4n) is 3.35. The summed E-state index contributed by atoms with van der Waals surface area (Å²) in [7, 11) is 0.405. The Hall–Kier alpha value is -1.94.